The first kappa shape index (κ1) is 36.7. The fourth-order valence-corrected chi connectivity index (χ4v) is 8.89. The fourth-order valence-electron chi connectivity index (χ4n) is 6.53. The second-order valence-electron chi connectivity index (χ2n) is 14.0. The van der Waals surface area contributed by atoms with E-state index in [4.69, 9.17) is 4.42 Å². The third kappa shape index (κ3) is 7.42. The van der Waals surface area contributed by atoms with Gasteiger partial charge in [-0.3, -0.25) is 0 Å². The minimum atomic E-state index is -1.78. The molecule has 0 aliphatic rings. The fraction of sp³-hybridized carbons (Fsp3) is 0.0638. The zero-order valence-corrected chi connectivity index (χ0v) is 34.4. The van der Waals surface area contributed by atoms with Crippen molar-refractivity contribution in [3.8, 4) is 44.8 Å². The first-order chi connectivity index (χ1) is 24.6. The Balaban J connectivity index is 0.000000208. The topological polar surface area (TPSA) is 20.9 Å². The maximum absolute atomic E-state index is 6.50. The summed E-state index contributed by atoms with van der Waals surface area (Å²) in [6, 6.07) is 48.2. The molecule has 0 bridgehead atoms. The van der Waals surface area contributed by atoms with Crippen LogP contribution in [0.3, 0.4) is 0 Å². The summed E-state index contributed by atoms with van der Waals surface area (Å²) in [5.74, 6) is 7.18. The molecule has 0 amide bonds. The minimum absolute atomic E-state index is 0. The van der Waals surface area contributed by atoms with Crippen LogP contribution in [0.4, 0.5) is 0 Å². The van der Waals surface area contributed by atoms with E-state index in [0.29, 0.717) is 0 Å². The predicted molar refractivity (Wildman–Crippen MR) is 216 cm³/mol. The molecular formula is C47H42GeIrN2O-2. The van der Waals surface area contributed by atoms with Gasteiger partial charge in [0.05, 0.1) is 17.5 Å². The Morgan fingerprint density at radius 1 is 0.538 bits per heavy atom. The molecule has 0 unspecified atom stereocenters. The molecule has 1 radical (unpaired) electrons. The van der Waals surface area contributed by atoms with Crippen molar-refractivity contribution in [3.63, 3.8) is 0 Å². The van der Waals surface area contributed by atoms with Crippen LogP contribution in [-0.2, 0) is 20.1 Å². The second kappa shape index (κ2) is 15.2. The third-order valence-electron chi connectivity index (χ3n) is 9.42. The van der Waals surface area contributed by atoms with Gasteiger partial charge in [-0.05, 0) is 40.5 Å². The van der Waals surface area contributed by atoms with Gasteiger partial charge in [0.25, 0.3) is 0 Å². The quantitative estimate of drug-likeness (QED) is 0.0957. The number of aromatic nitrogens is 2. The van der Waals surface area contributed by atoms with E-state index < -0.39 is 13.3 Å². The molecule has 0 aliphatic heterocycles. The SMILES string of the molecule is [CH2-]c1ccc2c(oc3cc(-c4ccccc4)ccc32)c1-c1cc(-c2ccccc2)cc[n+]1[CH2-].[CH2-]c1ccccc1-c1cc[c]([Ge]([CH3])([CH3])[CH3])c[n+]1[CH2-].[Ir]. The molecule has 0 aliphatic carbocycles. The predicted octanol–water partition coefficient (Wildman–Crippen LogP) is 10.7. The Morgan fingerprint density at radius 2 is 1.15 bits per heavy atom. The summed E-state index contributed by atoms with van der Waals surface area (Å²) in [5, 5.41) is 2.18. The van der Waals surface area contributed by atoms with E-state index in [2.05, 4.69) is 161 Å². The average Bonchev–Trinajstić information content (AvgIpc) is 3.51. The number of rotatable bonds is 5. The van der Waals surface area contributed by atoms with Crippen molar-refractivity contribution in [2.75, 3.05) is 0 Å². The summed E-state index contributed by atoms with van der Waals surface area (Å²) in [5.41, 5.74) is 12.5. The monoisotopic (exact) mass is 917 g/mol. The molecule has 261 valence electrons. The molecule has 0 N–H and O–H groups in total. The molecule has 0 fully saturated rings. The van der Waals surface area contributed by atoms with Crippen molar-refractivity contribution < 1.29 is 33.7 Å². The van der Waals surface area contributed by atoms with Gasteiger partial charge in [-0.1, -0.05) is 78.4 Å². The molecule has 0 atom stereocenters. The molecule has 0 saturated carbocycles. The van der Waals surface area contributed by atoms with Gasteiger partial charge in [-0.15, -0.1) is 6.07 Å². The van der Waals surface area contributed by atoms with Crippen molar-refractivity contribution >= 4 is 39.6 Å². The maximum Gasteiger partial charge on any atom is 0 e. The van der Waals surface area contributed by atoms with Crippen LogP contribution < -0.4 is 13.5 Å². The van der Waals surface area contributed by atoms with E-state index >= 15 is 0 Å². The molecule has 5 heteroatoms. The zero-order chi connectivity index (χ0) is 35.7. The van der Waals surface area contributed by atoms with Crippen LogP contribution in [-0.4, -0.2) is 13.3 Å². The third-order valence-corrected chi connectivity index (χ3v) is 13.7. The molecule has 3 nitrogen and oxygen atoms in total. The molecule has 3 aromatic heterocycles. The van der Waals surface area contributed by atoms with Crippen LogP contribution in [0.5, 0.6) is 0 Å². The van der Waals surface area contributed by atoms with Crippen LogP contribution in [0.2, 0.25) is 17.3 Å². The van der Waals surface area contributed by atoms with E-state index in [1.165, 1.54) is 9.96 Å². The van der Waals surface area contributed by atoms with E-state index in [-0.39, 0.29) is 20.1 Å². The minimum Gasteiger partial charge on any atom is 0 e. The van der Waals surface area contributed by atoms with E-state index in [1.54, 1.807) is 0 Å². The first-order valence-corrected chi connectivity index (χ1v) is 24.5. The summed E-state index contributed by atoms with van der Waals surface area (Å²) in [7, 11) is 8.37. The number of pyridine rings is 2. The van der Waals surface area contributed by atoms with E-state index in [1.807, 2.05) is 45.7 Å². The summed E-state index contributed by atoms with van der Waals surface area (Å²) in [4.78, 5) is 0. The number of furan rings is 1. The van der Waals surface area contributed by atoms with Gasteiger partial charge < -0.3 is 8.98 Å². The molecular weight excluding hydrogens is 873 g/mol. The Hall–Kier alpha value is -5.13. The van der Waals surface area contributed by atoms with Gasteiger partial charge in [0.1, 0.15) is 5.58 Å². The van der Waals surface area contributed by atoms with Gasteiger partial charge in [-0.2, -0.15) is 18.6 Å². The Labute approximate surface area is 324 Å². The molecule has 0 saturated heterocycles. The summed E-state index contributed by atoms with van der Waals surface area (Å²) >= 11 is -1.78. The van der Waals surface area contributed by atoms with Gasteiger partial charge in [0, 0.05) is 37.9 Å². The van der Waals surface area contributed by atoms with Crippen LogP contribution in [0.1, 0.15) is 11.1 Å². The van der Waals surface area contributed by atoms with Gasteiger partial charge in [0.2, 0.25) is 0 Å². The molecule has 3 heterocycles. The molecule has 52 heavy (non-hydrogen) atoms. The summed E-state index contributed by atoms with van der Waals surface area (Å²) in [6.07, 6.45) is 4.17. The Bertz CT molecular complexity index is 2500. The van der Waals surface area contributed by atoms with Crippen LogP contribution in [0.25, 0.3) is 66.7 Å². The second-order valence-corrected chi connectivity index (χ2v) is 24.6. The molecule has 8 rings (SSSR count). The number of hydrogen-bond donors (Lipinski definition) is 0. The Morgan fingerprint density at radius 3 is 1.79 bits per heavy atom. The first-order valence-electron chi connectivity index (χ1n) is 17.2. The van der Waals surface area contributed by atoms with E-state index in [0.717, 1.165) is 72.3 Å². The van der Waals surface area contributed by atoms with Gasteiger partial charge in [0.15, 0.2) is 0 Å². The summed E-state index contributed by atoms with van der Waals surface area (Å²) in [6.45, 7) is 8.40. The number of hydrogen-bond acceptors (Lipinski definition) is 1. The van der Waals surface area contributed by atoms with Crippen molar-refractivity contribution in [1.29, 1.82) is 0 Å². The average molecular weight is 916 g/mol. The normalized spacial score (nSPS) is 11.1. The summed E-state index contributed by atoms with van der Waals surface area (Å²) < 4.78 is 11.8. The van der Waals surface area contributed by atoms with Gasteiger partial charge >= 0.3 is 113 Å². The number of fused-ring (bicyclic) bond motifs is 3. The van der Waals surface area contributed by atoms with Crippen molar-refractivity contribution in [2.45, 2.75) is 17.3 Å². The molecule has 5 aromatic carbocycles. The van der Waals surface area contributed by atoms with Crippen molar-refractivity contribution in [2.24, 2.45) is 0 Å². The standard InChI is InChI=1S/C31H22NO.C16H20GeN.Ir/c1-21-13-15-27-26-16-14-24(22-9-5-3-6-10-22)20-29(26)33-31(27)30(21)28-19-25(17-18-32(28)2)23-11-7-4-8-12-23;1-13-8-6-7-9-15(13)16-11-10-14(12-18(16)5)17(2,3)4;/h3-20H,1-2H2;6-12H,1,5H2,2-4H3;/q2*-1;. The largest absolute Gasteiger partial charge is 0 e. The van der Waals surface area contributed by atoms with Crippen LogP contribution in [0.15, 0.2) is 156 Å². The van der Waals surface area contributed by atoms with Crippen LogP contribution in [0, 0.1) is 27.9 Å². The van der Waals surface area contributed by atoms with Crippen LogP contribution >= 0.6 is 0 Å². The van der Waals surface area contributed by atoms with Crippen molar-refractivity contribution in [3.05, 3.63) is 191 Å². The van der Waals surface area contributed by atoms with Gasteiger partial charge in [-0.25, -0.2) is 0 Å². The smallest absolute Gasteiger partial charge is 0 e. The maximum atomic E-state index is 6.50. The molecule has 0 spiro atoms. The zero-order valence-electron chi connectivity index (χ0n) is 29.9. The van der Waals surface area contributed by atoms with Crippen molar-refractivity contribution in [1.82, 2.24) is 0 Å². The molecule has 8 aromatic rings. The Kier molecular flexibility index (Phi) is 10.7. The number of nitrogens with zero attached hydrogens (tertiary/aromatic N) is 2. The van der Waals surface area contributed by atoms with E-state index in [9.17, 15) is 0 Å². The number of benzene rings is 5.